The molecular weight excluding hydrogens is 222 g/mol. The van der Waals surface area contributed by atoms with Crippen molar-refractivity contribution in [3.8, 4) is 0 Å². The summed E-state index contributed by atoms with van der Waals surface area (Å²) in [7, 11) is -5.16. The maximum Gasteiger partial charge on any atom is 0.194 e. The smallest absolute Gasteiger partial charge is 0.194 e. The topological polar surface area (TPSA) is 74.6 Å². The highest BCUT2D eigenvalue weighted by Crippen LogP contribution is 2.44. The van der Waals surface area contributed by atoms with Gasteiger partial charge in [0, 0.05) is 10.3 Å². The van der Waals surface area contributed by atoms with Gasteiger partial charge >= 0.3 is 0 Å². The van der Waals surface area contributed by atoms with E-state index in [1.165, 1.54) is 0 Å². The zero-order valence-corrected chi connectivity index (χ0v) is 11.1. The summed E-state index contributed by atoms with van der Waals surface area (Å²) in [5.41, 5.74) is 0. The summed E-state index contributed by atoms with van der Waals surface area (Å²) in [4.78, 5) is 18.1. The van der Waals surface area contributed by atoms with E-state index in [0.717, 1.165) is 0 Å². The molecule has 0 saturated carbocycles. The lowest BCUT2D eigenvalue weighted by molar-refractivity contribution is 0.413. The van der Waals surface area contributed by atoms with Gasteiger partial charge in [-0.1, -0.05) is 27.7 Å². The summed E-state index contributed by atoms with van der Waals surface area (Å²) >= 11 is 0. The molecule has 0 saturated heterocycles. The standard InChI is InChI=1S/C8H20O4P2/c1-7(2,13(9)10)5-6-8(3,4)14(11)12/h13-14H,5-6H2,1-4H3,(H,9,10)(H,11,12). The van der Waals surface area contributed by atoms with Crippen LogP contribution in [0.3, 0.4) is 0 Å². The Kier molecular flexibility index (Phi) is 5.07. The minimum Gasteiger partial charge on any atom is -0.346 e. The summed E-state index contributed by atoms with van der Waals surface area (Å²) in [6, 6.07) is 0. The van der Waals surface area contributed by atoms with Crippen LogP contribution in [0, 0.1) is 0 Å². The average molecular weight is 242 g/mol. The van der Waals surface area contributed by atoms with E-state index in [1.807, 2.05) is 0 Å². The molecule has 4 nitrogen and oxygen atoms in total. The quantitative estimate of drug-likeness (QED) is 0.725. The largest absolute Gasteiger partial charge is 0.346 e. The van der Waals surface area contributed by atoms with E-state index in [0.29, 0.717) is 12.8 Å². The molecule has 6 heteroatoms. The van der Waals surface area contributed by atoms with Crippen LogP contribution in [-0.4, -0.2) is 20.1 Å². The van der Waals surface area contributed by atoms with Crippen LogP contribution in [0.15, 0.2) is 0 Å². The van der Waals surface area contributed by atoms with E-state index in [-0.39, 0.29) is 0 Å². The van der Waals surface area contributed by atoms with Gasteiger partial charge in [-0.15, -0.1) is 0 Å². The van der Waals surface area contributed by atoms with Crippen molar-refractivity contribution in [3.63, 3.8) is 0 Å². The van der Waals surface area contributed by atoms with Crippen LogP contribution in [0.25, 0.3) is 0 Å². The summed E-state index contributed by atoms with van der Waals surface area (Å²) in [6.45, 7) is 6.83. The van der Waals surface area contributed by atoms with Gasteiger partial charge in [-0.3, -0.25) is 9.13 Å². The Morgan fingerprint density at radius 2 is 1.07 bits per heavy atom. The molecule has 86 valence electrons. The molecule has 0 amide bonds. The molecule has 0 spiro atoms. The highest BCUT2D eigenvalue weighted by atomic mass is 31.1. The van der Waals surface area contributed by atoms with Gasteiger partial charge < -0.3 is 9.79 Å². The van der Waals surface area contributed by atoms with Gasteiger partial charge in [-0.05, 0) is 12.8 Å². The number of hydrogen-bond acceptors (Lipinski definition) is 2. The van der Waals surface area contributed by atoms with Crippen LogP contribution in [0.5, 0.6) is 0 Å². The van der Waals surface area contributed by atoms with Crippen molar-refractivity contribution in [1.29, 1.82) is 0 Å². The molecule has 0 heterocycles. The third-order valence-corrected chi connectivity index (χ3v) is 5.35. The molecule has 0 aromatic heterocycles. The van der Waals surface area contributed by atoms with Gasteiger partial charge in [0.2, 0.25) is 0 Å². The first-order valence-electron chi connectivity index (χ1n) is 4.56. The summed E-state index contributed by atoms with van der Waals surface area (Å²) < 4.78 is 21.9. The van der Waals surface area contributed by atoms with E-state index in [9.17, 15) is 9.13 Å². The molecule has 0 bridgehead atoms. The van der Waals surface area contributed by atoms with Crippen molar-refractivity contribution < 1.29 is 18.9 Å². The van der Waals surface area contributed by atoms with Gasteiger partial charge in [-0.2, -0.15) is 0 Å². The van der Waals surface area contributed by atoms with Crippen LogP contribution < -0.4 is 0 Å². The Balaban J connectivity index is 4.32. The minimum atomic E-state index is -2.58. The second kappa shape index (κ2) is 4.94. The molecule has 0 fully saturated rings. The SMILES string of the molecule is CC(C)(CCC(C)(C)[PH](=O)O)[PH](=O)O. The van der Waals surface area contributed by atoms with E-state index in [1.54, 1.807) is 27.7 Å². The summed E-state index contributed by atoms with van der Waals surface area (Å²) in [5, 5.41) is -1.28. The third kappa shape index (κ3) is 4.27. The second-order valence-electron chi connectivity index (χ2n) is 4.88. The minimum absolute atomic E-state index is 0.491. The molecule has 14 heavy (non-hydrogen) atoms. The van der Waals surface area contributed by atoms with E-state index in [4.69, 9.17) is 9.79 Å². The first-order valence-corrected chi connectivity index (χ1v) is 7.27. The van der Waals surface area contributed by atoms with Crippen LogP contribution in [-0.2, 0) is 9.13 Å². The molecule has 0 aliphatic heterocycles. The monoisotopic (exact) mass is 242 g/mol. The molecule has 2 atom stereocenters. The highest BCUT2D eigenvalue weighted by molar-refractivity contribution is 7.40. The lowest BCUT2D eigenvalue weighted by atomic mass is 9.99. The molecule has 0 aliphatic rings. The summed E-state index contributed by atoms with van der Waals surface area (Å²) in [6.07, 6.45) is 0.983. The predicted molar refractivity (Wildman–Crippen MR) is 59.8 cm³/mol. The average Bonchev–Trinajstić information content (AvgIpc) is 2.01. The highest BCUT2D eigenvalue weighted by Gasteiger charge is 2.30. The van der Waals surface area contributed by atoms with Crippen molar-refractivity contribution in [1.82, 2.24) is 0 Å². The van der Waals surface area contributed by atoms with Gasteiger partial charge in [-0.25, -0.2) is 0 Å². The third-order valence-electron chi connectivity index (χ3n) is 2.53. The molecule has 2 N–H and O–H groups in total. The lowest BCUT2D eigenvalue weighted by Crippen LogP contribution is -2.22. The van der Waals surface area contributed by atoms with Crippen LogP contribution in [0.1, 0.15) is 40.5 Å². The molecule has 0 aliphatic carbocycles. The van der Waals surface area contributed by atoms with Crippen LogP contribution >= 0.6 is 16.1 Å². The van der Waals surface area contributed by atoms with Gasteiger partial charge in [0.25, 0.3) is 0 Å². The van der Waals surface area contributed by atoms with Crippen LogP contribution in [0.2, 0.25) is 0 Å². The van der Waals surface area contributed by atoms with E-state index in [2.05, 4.69) is 0 Å². The maximum atomic E-state index is 11.0. The fourth-order valence-electron chi connectivity index (χ4n) is 0.839. The first-order chi connectivity index (χ1) is 6.09. The van der Waals surface area contributed by atoms with Crippen molar-refractivity contribution in [2.75, 3.05) is 0 Å². The van der Waals surface area contributed by atoms with E-state index >= 15 is 0 Å². The Morgan fingerprint density at radius 3 is 1.21 bits per heavy atom. The van der Waals surface area contributed by atoms with Crippen LogP contribution in [0.4, 0.5) is 0 Å². The molecule has 0 aromatic rings. The van der Waals surface area contributed by atoms with Crippen molar-refractivity contribution in [2.24, 2.45) is 0 Å². The number of hydrogen-bond donors (Lipinski definition) is 2. The van der Waals surface area contributed by atoms with Crippen molar-refractivity contribution in [3.05, 3.63) is 0 Å². The second-order valence-corrected chi connectivity index (χ2v) is 8.81. The molecule has 0 rings (SSSR count). The molecular formula is C8H20O4P2. The zero-order valence-electron chi connectivity index (χ0n) is 9.13. The normalized spacial score (nSPS) is 17.9. The van der Waals surface area contributed by atoms with Crippen molar-refractivity contribution >= 4 is 16.1 Å². The molecule has 2 unspecified atom stereocenters. The van der Waals surface area contributed by atoms with Gasteiger partial charge in [0.05, 0.1) is 0 Å². The lowest BCUT2D eigenvalue weighted by Gasteiger charge is -2.27. The maximum absolute atomic E-state index is 11.0. The Labute approximate surface area is 86.5 Å². The van der Waals surface area contributed by atoms with Gasteiger partial charge in [0.15, 0.2) is 16.1 Å². The predicted octanol–water partition coefficient (Wildman–Crippen LogP) is 2.26. The Morgan fingerprint density at radius 1 is 0.857 bits per heavy atom. The van der Waals surface area contributed by atoms with E-state index < -0.39 is 26.4 Å². The Bertz CT molecular complexity index is 222. The van der Waals surface area contributed by atoms with Crippen molar-refractivity contribution in [2.45, 2.75) is 50.8 Å². The fourth-order valence-corrected chi connectivity index (χ4v) is 1.52. The summed E-state index contributed by atoms with van der Waals surface area (Å²) in [5.74, 6) is 0. The molecule has 0 radical (unpaired) electrons. The fraction of sp³-hybridized carbons (Fsp3) is 1.00. The Hall–Kier alpha value is 0.380. The number of rotatable bonds is 5. The first kappa shape index (κ1) is 14.4. The zero-order chi connectivity index (χ0) is 11.6. The van der Waals surface area contributed by atoms with Gasteiger partial charge in [0.1, 0.15) is 0 Å². The molecule has 0 aromatic carbocycles.